The molecule has 9 nitrogen and oxygen atoms in total. The van der Waals surface area contributed by atoms with E-state index in [1.54, 1.807) is 6.20 Å². The van der Waals surface area contributed by atoms with Crippen LogP contribution in [0, 0.1) is 0 Å². The van der Waals surface area contributed by atoms with Gasteiger partial charge in [0.25, 0.3) is 0 Å². The molecule has 0 spiro atoms. The molecule has 1 N–H and O–H groups in total. The van der Waals surface area contributed by atoms with Gasteiger partial charge in [-0.2, -0.15) is 5.10 Å². The van der Waals surface area contributed by atoms with Crippen LogP contribution >= 0.6 is 0 Å². The molecule has 0 aliphatic carbocycles. The molecule has 0 saturated carbocycles. The second-order valence-electron chi connectivity index (χ2n) is 8.15. The average Bonchev–Trinajstić information content (AvgIpc) is 3.32. The van der Waals surface area contributed by atoms with Crippen LogP contribution in [0.25, 0.3) is 11.0 Å². The molecule has 0 fully saturated rings. The number of imidazole rings is 1. The standard InChI is InChI=1S/C21H27N5O4S/c1-15-5-6-16-17(26(15)21(27)28)7-8-18-20(16)23-19(9-13-24-11-3-10-22-24)25(18)12-4-14-31(2,29)30/h3,7-8,10-11,15H,4-6,9,12-14H2,1-2H3,(H,27,28)/t15-/m0/s1. The summed E-state index contributed by atoms with van der Waals surface area (Å²) in [7, 11) is -3.05. The molecule has 0 unspecified atom stereocenters. The summed E-state index contributed by atoms with van der Waals surface area (Å²) in [5, 5.41) is 13.9. The smallest absolute Gasteiger partial charge is 0.412 e. The Morgan fingerprint density at radius 3 is 2.77 bits per heavy atom. The van der Waals surface area contributed by atoms with Crippen molar-refractivity contribution in [1.29, 1.82) is 0 Å². The lowest BCUT2D eigenvalue weighted by Gasteiger charge is -2.33. The number of amides is 1. The summed E-state index contributed by atoms with van der Waals surface area (Å²) >= 11 is 0. The van der Waals surface area contributed by atoms with Crippen molar-refractivity contribution >= 4 is 32.7 Å². The normalized spacial score (nSPS) is 16.6. The number of sulfone groups is 1. The number of nitrogens with zero attached hydrogens (tertiary/aromatic N) is 5. The van der Waals surface area contributed by atoms with E-state index in [1.807, 2.05) is 36.0 Å². The van der Waals surface area contributed by atoms with Gasteiger partial charge in [0.15, 0.2) is 0 Å². The molecule has 166 valence electrons. The second kappa shape index (κ2) is 8.33. The van der Waals surface area contributed by atoms with E-state index >= 15 is 0 Å². The minimum absolute atomic E-state index is 0.0846. The maximum Gasteiger partial charge on any atom is 0.412 e. The van der Waals surface area contributed by atoms with E-state index < -0.39 is 15.9 Å². The van der Waals surface area contributed by atoms with Gasteiger partial charge in [-0.1, -0.05) is 0 Å². The van der Waals surface area contributed by atoms with E-state index in [4.69, 9.17) is 4.98 Å². The molecule has 1 aromatic carbocycles. The van der Waals surface area contributed by atoms with Crippen molar-refractivity contribution in [2.24, 2.45) is 0 Å². The summed E-state index contributed by atoms with van der Waals surface area (Å²) in [6, 6.07) is 5.55. The van der Waals surface area contributed by atoms with Gasteiger partial charge in [0.1, 0.15) is 15.7 Å². The Bertz CT molecular complexity index is 1200. The van der Waals surface area contributed by atoms with E-state index in [0.717, 1.165) is 35.3 Å². The monoisotopic (exact) mass is 445 g/mol. The zero-order chi connectivity index (χ0) is 22.2. The Morgan fingerprint density at radius 2 is 2.10 bits per heavy atom. The summed E-state index contributed by atoms with van der Waals surface area (Å²) < 4.78 is 27.1. The molecule has 1 aliphatic heterocycles. The summed E-state index contributed by atoms with van der Waals surface area (Å²) in [5.74, 6) is 0.966. The van der Waals surface area contributed by atoms with Crippen molar-refractivity contribution in [2.75, 3.05) is 16.9 Å². The van der Waals surface area contributed by atoms with Crippen LogP contribution in [0.3, 0.4) is 0 Å². The lowest BCUT2D eigenvalue weighted by atomic mass is 9.96. The van der Waals surface area contributed by atoms with Crippen molar-refractivity contribution in [1.82, 2.24) is 19.3 Å². The van der Waals surface area contributed by atoms with E-state index in [2.05, 4.69) is 9.67 Å². The molecular weight excluding hydrogens is 418 g/mol. The third-order valence-corrected chi connectivity index (χ3v) is 6.85. The van der Waals surface area contributed by atoms with Gasteiger partial charge in [-0.25, -0.2) is 18.2 Å². The number of aryl methyl sites for hydroxylation is 4. The fourth-order valence-corrected chi connectivity index (χ4v) is 4.99. The van der Waals surface area contributed by atoms with Gasteiger partial charge < -0.3 is 9.67 Å². The fraction of sp³-hybridized carbons (Fsp3) is 0.476. The summed E-state index contributed by atoms with van der Waals surface area (Å²) in [6.07, 6.45) is 6.54. The van der Waals surface area contributed by atoms with Gasteiger partial charge in [-0.3, -0.25) is 9.58 Å². The highest BCUT2D eigenvalue weighted by Gasteiger charge is 2.30. The molecule has 31 heavy (non-hydrogen) atoms. The maximum absolute atomic E-state index is 11.8. The first-order chi connectivity index (χ1) is 14.7. The van der Waals surface area contributed by atoms with Crippen LogP contribution in [-0.4, -0.2) is 57.0 Å². The Kier molecular flexibility index (Phi) is 5.74. The predicted octanol–water partition coefficient (Wildman–Crippen LogP) is 2.73. The Hall–Kier alpha value is -2.88. The molecule has 3 heterocycles. The van der Waals surface area contributed by atoms with Crippen LogP contribution in [0.5, 0.6) is 0 Å². The van der Waals surface area contributed by atoms with E-state index in [-0.39, 0.29) is 11.8 Å². The quantitative estimate of drug-likeness (QED) is 0.599. The van der Waals surface area contributed by atoms with Crippen LogP contribution < -0.4 is 4.90 Å². The highest BCUT2D eigenvalue weighted by molar-refractivity contribution is 7.90. The van der Waals surface area contributed by atoms with Crippen LogP contribution in [0.2, 0.25) is 0 Å². The van der Waals surface area contributed by atoms with Crippen molar-refractivity contribution in [2.45, 2.75) is 51.7 Å². The van der Waals surface area contributed by atoms with Gasteiger partial charge in [0, 0.05) is 49.8 Å². The van der Waals surface area contributed by atoms with Gasteiger partial charge in [0.2, 0.25) is 0 Å². The van der Waals surface area contributed by atoms with E-state index in [0.29, 0.717) is 31.6 Å². The highest BCUT2D eigenvalue weighted by Crippen LogP contribution is 2.36. The molecule has 4 rings (SSSR count). The first kappa shape index (κ1) is 21.4. The number of hydrogen-bond donors (Lipinski definition) is 1. The summed E-state index contributed by atoms with van der Waals surface area (Å²) in [6.45, 7) is 3.11. The zero-order valence-corrected chi connectivity index (χ0v) is 18.5. The van der Waals surface area contributed by atoms with E-state index in [1.165, 1.54) is 11.2 Å². The molecule has 1 amide bonds. The maximum atomic E-state index is 11.8. The Morgan fingerprint density at radius 1 is 1.29 bits per heavy atom. The first-order valence-electron chi connectivity index (χ1n) is 10.4. The Labute approximate surface area is 181 Å². The van der Waals surface area contributed by atoms with E-state index in [9.17, 15) is 18.3 Å². The number of carboxylic acid groups (broad SMARTS) is 1. The number of benzene rings is 1. The minimum Gasteiger partial charge on any atom is -0.465 e. The fourth-order valence-electron chi connectivity index (χ4n) is 4.34. The molecule has 0 radical (unpaired) electrons. The first-order valence-corrected chi connectivity index (χ1v) is 12.5. The largest absolute Gasteiger partial charge is 0.465 e. The molecule has 1 atom stereocenters. The molecule has 0 bridgehead atoms. The predicted molar refractivity (Wildman–Crippen MR) is 118 cm³/mol. The summed E-state index contributed by atoms with van der Waals surface area (Å²) in [5.41, 5.74) is 3.37. The molecule has 3 aromatic rings. The minimum atomic E-state index is -3.05. The molecular formula is C21H27N5O4S. The second-order valence-corrected chi connectivity index (χ2v) is 10.4. The van der Waals surface area contributed by atoms with Crippen LogP contribution in [0.15, 0.2) is 30.6 Å². The lowest BCUT2D eigenvalue weighted by Crippen LogP contribution is -2.41. The number of rotatable bonds is 7. The number of anilines is 1. The molecule has 0 saturated heterocycles. The van der Waals surface area contributed by atoms with Crippen molar-refractivity contribution in [3.63, 3.8) is 0 Å². The van der Waals surface area contributed by atoms with Crippen LogP contribution in [-0.2, 0) is 35.8 Å². The van der Waals surface area contributed by atoms with Crippen molar-refractivity contribution in [3.8, 4) is 0 Å². The van der Waals surface area contributed by atoms with Gasteiger partial charge in [0.05, 0.1) is 22.5 Å². The van der Waals surface area contributed by atoms with Crippen molar-refractivity contribution < 1.29 is 18.3 Å². The SMILES string of the molecule is C[C@H]1CCc2c(ccc3c2nc(CCn2cccn2)n3CCCS(C)(=O)=O)N1C(=O)O. The number of carbonyl (C=O) groups is 1. The average molecular weight is 446 g/mol. The van der Waals surface area contributed by atoms with Gasteiger partial charge in [-0.05, 0) is 44.4 Å². The topological polar surface area (TPSA) is 110 Å². The Balaban J connectivity index is 1.74. The number of aromatic nitrogens is 4. The number of hydrogen-bond acceptors (Lipinski definition) is 5. The number of fused-ring (bicyclic) bond motifs is 3. The zero-order valence-electron chi connectivity index (χ0n) is 17.7. The molecule has 10 heteroatoms. The third-order valence-electron chi connectivity index (χ3n) is 5.82. The van der Waals surface area contributed by atoms with Gasteiger partial charge in [-0.15, -0.1) is 0 Å². The van der Waals surface area contributed by atoms with Gasteiger partial charge >= 0.3 is 6.09 Å². The molecule has 1 aliphatic rings. The third kappa shape index (κ3) is 4.43. The highest BCUT2D eigenvalue weighted by atomic mass is 32.2. The lowest BCUT2D eigenvalue weighted by molar-refractivity contribution is 0.198. The van der Waals surface area contributed by atoms with Crippen LogP contribution in [0.1, 0.15) is 31.2 Å². The summed E-state index contributed by atoms with van der Waals surface area (Å²) in [4.78, 5) is 18.2. The van der Waals surface area contributed by atoms with Crippen molar-refractivity contribution in [3.05, 3.63) is 42.0 Å². The molecule has 2 aromatic heterocycles. The van der Waals surface area contributed by atoms with Crippen LogP contribution in [0.4, 0.5) is 10.5 Å².